The van der Waals surface area contributed by atoms with Gasteiger partial charge < -0.3 is 14.2 Å². The zero-order valence-corrected chi connectivity index (χ0v) is 15.1. The largest absolute Gasteiger partial charge is 0.513 e. The minimum Gasteiger partial charge on any atom is -0.434 e. The number of esters is 1. The van der Waals surface area contributed by atoms with E-state index >= 15 is 0 Å². The van der Waals surface area contributed by atoms with Crippen LogP contribution in [0.15, 0.2) is 47.1 Å². The molecule has 0 bridgehead atoms. The molecule has 144 valence electrons. The van der Waals surface area contributed by atoms with Crippen LogP contribution in [0.4, 0.5) is 13.6 Å². The molecular formula is C19H12ClF2NO5. The zero-order valence-electron chi connectivity index (χ0n) is 14.4. The van der Waals surface area contributed by atoms with Gasteiger partial charge in [-0.15, -0.1) is 0 Å². The van der Waals surface area contributed by atoms with E-state index in [0.29, 0.717) is 5.56 Å². The first-order chi connectivity index (χ1) is 13.4. The number of hydrogen-bond acceptors (Lipinski definition) is 6. The normalized spacial score (nSPS) is 14.6. The summed E-state index contributed by atoms with van der Waals surface area (Å²) in [6.45, 7) is 1.84. The van der Waals surface area contributed by atoms with Gasteiger partial charge in [-0.2, -0.15) is 0 Å². The summed E-state index contributed by atoms with van der Waals surface area (Å²) >= 11 is 5.87. The van der Waals surface area contributed by atoms with Crippen LogP contribution >= 0.6 is 11.6 Å². The van der Waals surface area contributed by atoms with Gasteiger partial charge >= 0.3 is 12.1 Å². The van der Waals surface area contributed by atoms with Crippen molar-refractivity contribution in [2.24, 2.45) is 4.99 Å². The molecule has 0 N–H and O–H groups in total. The zero-order chi connectivity index (χ0) is 20.3. The summed E-state index contributed by atoms with van der Waals surface area (Å²) in [5.41, 5.74) is 0.454. The van der Waals surface area contributed by atoms with E-state index in [2.05, 4.69) is 9.73 Å². The Morgan fingerprint density at radius 3 is 2.57 bits per heavy atom. The van der Waals surface area contributed by atoms with E-state index < -0.39 is 23.8 Å². The van der Waals surface area contributed by atoms with E-state index in [1.165, 1.54) is 18.2 Å². The van der Waals surface area contributed by atoms with Gasteiger partial charge in [0, 0.05) is 0 Å². The number of benzene rings is 2. The number of ether oxygens (including phenoxy) is 3. The van der Waals surface area contributed by atoms with E-state index in [1.807, 2.05) is 0 Å². The maximum atomic E-state index is 13.4. The number of aliphatic imine (C=N–C) groups is 1. The second-order valence-electron chi connectivity index (χ2n) is 5.44. The Balaban J connectivity index is 1.82. The lowest BCUT2D eigenvalue weighted by molar-refractivity contribution is -0.129. The van der Waals surface area contributed by atoms with Crippen LogP contribution in [0.25, 0.3) is 6.08 Å². The fraction of sp³-hybridized carbons (Fsp3) is 0.105. The van der Waals surface area contributed by atoms with Crippen molar-refractivity contribution in [3.05, 3.63) is 69.9 Å². The second-order valence-corrected chi connectivity index (χ2v) is 5.84. The molecule has 2 aromatic rings. The molecule has 0 atom stereocenters. The van der Waals surface area contributed by atoms with Crippen molar-refractivity contribution in [3.63, 3.8) is 0 Å². The number of halogens is 3. The number of cyclic esters (lactones) is 1. The number of rotatable bonds is 4. The van der Waals surface area contributed by atoms with Crippen molar-refractivity contribution >= 4 is 35.7 Å². The molecule has 9 heteroatoms. The summed E-state index contributed by atoms with van der Waals surface area (Å²) in [5.74, 6) is -3.02. The summed E-state index contributed by atoms with van der Waals surface area (Å²) in [7, 11) is 0. The van der Waals surface area contributed by atoms with Gasteiger partial charge in [0.25, 0.3) is 0 Å². The van der Waals surface area contributed by atoms with Gasteiger partial charge in [-0.1, -0.05) is 23.7 Å². The lowest BCUT2D eigenvalue weighted by Gasteiger charge is -2.03. The second kappa shape index (κ2) is 8.18. The van der Waals surface area contributed by atoms with Crippen LogP contribution in [0, 0.1) is 11.6 Å². The third-order valence-corrected chi connectivity index (χ3v) is 3.82. The maximum Gasteiger partial charge on any atom is 0.513 e. The molecule has 0 fully saturated rings. The fourth-order valence-electron chi connectivity index (χ4n) is 2.24. The molecule has 6 nitrogen and oxygen atoms in total. The van der Waals surface area contributed by atoms with Crippen LogP contribution in [0.2, 0.25) is 5.02 Å². The van der Waals surface area contributed by atoms with Crippen molar-refractivity contribution in [2.45, 2.75) is 6.92 Å². The molecule has 3 rings (SSSR count). The third-order valence-electron chi connectivity index (χ3n) is 3.51. The van der Waals surface area contributed by atoms with Crippen LogP contribution in [0.1, 0.15) is 18.1 Å². The molecule has 1 heterocycles. The molecule has 0 unspecified atom stereocenters. The van der Waals surface area contributed by atoms with Gasteiger partial charge in [0.05, 0.1) is 17.2 Å². The Morgan fingerprint density at radius 1 is 1.21 bits per heavy atom. The highest BCUT2D eigenvalue weighted by molar-refractivity contribution is 6.34. The van der Waals surface area contributed by atoms with Gasteiger partial charge in [0.2, 0.25) is 5.90 Å². The third kappa shape index (κ3) is 4.34. The van der Waals surface area contributed by atoms with Gasteiger partial charge in [0.15, 0.2) is 17.3 Å². The minimum absolute atomic E-state index is 0.0458. The summed E-state index contributed by atoms with van der Waals surface area (Å²) in [5, 5.41) is -0.146. The molecule has 0 amide bonds. The van der Waals surface area contributed by atoms with E-state index in [4.69, 9.17) is 21.1 Å². The fourth-order valence-corrected chi connectivity index (χ4v) is 2.48. The molecular weight excluding hydrogens is 396 g/mol. The number of nitrogens with zero attached hydrogens (tertiary/aromatic N) is 1. The molecule has 0 radical (unpaired) electrons. The van der Waals surface area contributed by atoms with Crippen LogP contribution in [-0.4, -0.2) is 24.6 Å². The van der Waals surface area contributed by atoms with Gasteiger partial charge in [-0.25, -0.2) is 23.4 Å². The first-order valence-electron chi connectivity index (χ1n) is 7.99. The van der Waals surface area contributed by atoms with E-state index in [1.54, 1.807) is 19.1 Å². The standard InChI is InChI=1S/C19H12ClF2NO5/c1-2-26-19(25)27-11-5-3-10(4-6-11)7-16-18(24)28-17(23-16)12-8-14(21)15(22)9-13(12)20/h3-9H,2H2,1H3/b16-7-. The lowest BCUT2D eigenvalue weighted by Crippen LogP contribution is -2.09. The smallest absolute Gasteiger partial charge is 0.434 e. The molecule has 0 aliphatic carbocycles. The summed E-state index contributed by atoms with van der Waals surface area (Å²) in [6.07, 6.45) is 0.586. The average molecular weight is 408 g/mol. The first-order valence-corrected chi connectivity index (χ1v) is 8.37. The monoisotopic (exact) mass is 407 g/mol. The van der Waals surface area contributed by atoms with E-state index in [-0.39, 0.29) is 34.5 Å². The van der Waals surface area contributed by atoms with Crippen molar-refractivity contribution < 1.29 is 32.6 Å². The SMILES string of the molecule is CCOC(=O)Oc1ccc(/C=C2\N=C(c3cc(F)c(F)cc3Cl)OC2=O)cc1. The van der Waals surface area contributed by atoms with Crippen LogP contribution < -0.4 is 4.74 Å². The Labute approximate surface area is 163 Å². The Morgan fingerprint density at radius 2 is 1.89 bits per heavy atom. The van der Waals surface area contributed by atoms with E-state index in [0.717, 1.165) is 12.1 Å². The summed E-state index contributed by atoms with van der Waals surface area (Å²) in [6, 6.07) is 7.72. The highest BCUT2D eigenvalue weighted by Crippen LogP contribution is 2.26. The highest BCUT2D eigenvalue weighted by atomic mass is 35.5. The predicted octanol–water partition coefficient (Wildman–Crippen LogP) is 4.50. The molecule has 28 heavy (non-hydrogen) atoms. The molecule has 0 saturated heterocycles. The van der Waals surface area contributed by atoms with Crippen LogP contribution in [-0.2, 0) is 14.3 Å². The van der Waals surface area contributed by atoms with Gasteiger partial charge in [0.1, 0.15) is 5.75 Å². The maximum absolute atomic E-state index is 13.4. The van der Waals surface area contributed by atoms with Crippen molar-refractivity contribution in [3.8, 4) is 5.75 Å². The van der Waals surface area contributed by atoms with Crippen molar-refractivity contribution in [1.82, 2.24) is 0 Å². The quantitative estimate of drug-likeness (QED) is 0.323. The molecule has 1 aliphatic rings. The predicted molar refractivity (Wildman–Crippen MR) is 96.1 cm³/mol. The van der Waals surface area contributed by atoms with Crippen molar-refractivity contribution in [1.29, 1.82) is 0 Å². The molecule has 1 aliphatic heterocycles. The minimum atomic E-state index is -1.15. The highest BCUT2D eigenvalue weighted by Gasteiger charge is 2.26. The summed E-state index contributed by atoms with van der Waals surface area (Å²) in [4.78, 5) is 27.3. The molecule has 2 aromatic carbocycles. The summed E-state index contributed by atoms with van der Waals surface area (Å²) < 4.78 is 41.2. The molecule has 0 aromatic heterocycles. The lowest BCUT2D eigenvalue weighted by atomic mass is 10.2. The van der Waals surface area contributed by atoms with Gasteiger partial charge in [-0.3, -0.25) is 0 Å². The van der Waals surface area contributed by atoms with E-state index in [9.17, 15) is 18.4 Å². The molecule has 0 spiro atoms. The first kappa shape index (κ1) is 19.5. The number of carbonyl (C=O) groups is 2. The number of hydrogen-bond donors (Lipinski definition) is 0. The van der Waals surface area contributed by atoms with Gasteiger partial charge in [-0.05, 0) is 42.8 Å². The Hall–Kier alpha value is -3.26. The molecule has 0 saturated carbocycles. The number of carbonyl (C=O) groups excluding carboxylic acids is 2. The average Bonchev–Trinajstić information content (AvgIpc) is 3.00. The van der Waals surface area contributed by atoms with Crippen LogP contribution in [0.3, 0.4) is 0 Å². The van der Waals surface area contributed by atoms with Crippen LogP contribution in [0.5, 0.6) is 5.75 Å². The topological polar surface area (TPSA) is 74.2 Å². The van der Waals surface area contributed by atoms with Crippen molar-refractivity contribution in [2.75, 3.05) is 6.61 Å². The Kier molecular flexibility index (Phi) is 5.70. The Bertz CT molecular complexity index is 1000.